The third-order valence-corrected chi connectivity index (χ3v) is 1.93. The number of piperazine rings is 1. The Bertz CT molecular complexity index is 147. The molecule has 1 saturated heterocycles. The molecule has 70 valence electrons. The molecule has 0 spiro atoms. The van der Waals surface area contributed by atoms with Crippen molar-refractivity contribution in [3.8, 4) is 0 Å². The number of hydrazone groups is 1. The quantitative estimate of drug-likeness (QED) is 0.421. The summed E-state index contributed by atoms with van der Waals surface area (Å²) in [5, 5.41) is 6.44. The molecule has 0 bridgehead atoms. The molecule has 0 aromatic rings. The van der Waals surface area contributed by atoms with Crippen LogP contribution in [0.4, 0.5) is 0 Å². The van der Waals surface area contributed by atoms with Gasteiger partial charge in [-0.25, -0.2) is 0 Å². The van der Waals surface area contributed by atoms with Gasteiger partial charge in [-0.2, -0.15) is 5.10 Å². The predicted molar refractivity (Wildman–Crippen MR) is 51.2 cm³/mol. The molecular formula is C8H18N4. The number of likely N-dealkylation sites (N-methyl/N-ethyl adjacent to an activating group) is 1. The minimum absolute atomic E-state index is 1.04. The number of nitrogens with zero attached hydrogens (tertiary/aromatic N) is 4. The van der Waals surface area contributed by atoms with E-state index in [0.717, 1.165) is 26.2 Å². The highest BCUT2D eigenvalue weighted by molar-refractivity contribution is 5.53. The van der Waals surface area contributed by atoms with Crippen LogP contribution in [0.2, 0.25) is 0 Å². The van der Waals surface area contributed by atoms with Gasteiger partial charge in [0.25, 0.3) is 0 Å². The highest BCUT2D eigenvalue weighted by Crippen LogP contribution is 1.98. The molecule has 0 amide bonds. The molecule has 1 fully saturated rings. The van der Waals surface area contributed by atoms with Crippen LogP contribution in [-0.2, 0) is 0 Å². The Hall–Kier alpha value is -0.770. The molecule has 0 atom stereocenters. The summed E-state index contributed by atoms with van der Waals surface area (Å²) in [4.78, 5) is 4.28. The summed E-state index contributed by atoms with van der Waals surface area (Å²) in [5.74, 6) is 0. The maximum absolute atomic E-state index is 4.32. The summed E-state index contributed by atoms with van der Waals surface area (Å²) in [5.41, 5.74) is 0. The van der Waals surface area contributed by atoms with Crippen molar-refractivity contribution < 1.29 is 0 Å². The average molecular weight is 170 g/mol. The lowest BCUT2D eigenvalue weighted by atomic mass is 10.4. The van der Waals surface area contributed by atoms with Crippen molar-refractivity contribution in [2.75, 3.05) is 47.3 Å². The van der Waals surface area contributed by atoms with Crippen LogP contribution in [0.5, 0.6) is 0 Å². The Morgan fingerprint density at radius 3 is 2.25 bits per heavy atom. The van der Waals surface area contributed by atoms with Crippen molar-refractivity contribution in [2.45, 2.75) is 0 Å². The van der Waals surface area contributed by atoms with Crippen molar-refractivity contribution >= 4 is 6.34 Å². The molecule has 0 radical (unpaired) electrons. The molecule has 12 heavy (non-hydrogen) atoms. The third kappa shape index (κ3) is 3.09. The molecule has 0 aromatic carbocycles. The second kappa shape index (κ2) is 4.30. The van der Waals surface area contributed by atoms with Gasteiger partial charge in [0.05, 0.1) is 0 Å². The van der Waals surface area contributed by atoms with E-state index in [4.69, 9.17) is 0 Å². The molecule has 0 N–H and O–H groups in total. The fourth-order valence-electron chi connectivity index (χ4n) is 1.09. The molecule has 0 aromatic heterocycles. The second-order valence-electron chi connectivity index (χ2n) is 3.45. The topological polar surface area (TPSA) is 22.1 Å². The summed E-state index contributed by atoms with van der Waals surface area (Å²) >= 11 is 0. The lowest BCUT2D eigenvalue weighted by molar-refractivity contribution is 0.158. The Morgan fingerprint density at radius 2 is 1.75 bits per heavy atom. The van der Waals surface area contributed by atoms with E-state index < -0.39 is 0 Å². The molecule has 1 aliphatic rings. The summed E-state index contributed by atoms with van der Waals surface area (Å²) in [6, 6.07) is 0. The fourth-order valence-corrected chi connectivity index (χ4v) is 1.09. The maximum atomic E-state index is 4.32. The van der Waals surface area contributed by atoms with Crippen molar-refractivity contribution in [3.63, 3.8) is 0 Å². The monoisotopic (exact) mass is 170 g/mol. The zero-order valence-electron chi connectivity index (χ0n) is 8.19. The summed E-state index contributed by atoms with van der Waals surface area (Å²) in [6.07, 6.45) is 1.85. The van der Waals surface area contributed by atoms with E-state index in [9.17, 15) is 0 Å². The molecule has 1 rings (SSSR count). The van der Waals surface area contributed by atoms with Crippen LogP contribution in [0, 0.1) is 0 Å². The van der Waals surface area contributed by atoms with Gasteiger partial charge in [0.1, 0.15) is 6.34 Å². The van der Waals surface area contributed by atoms with Crippen LogP contribution in [0.15, 0.2) is 5.10 Å². The molecule has 4 nitrogen and oxygen atoms in total. The standard InChI is InChI=1S/C8H18N4/c1-10(2)8-9-12-6-4-11(3)5-7-12/h8H,4-7H2,1-3H3/b9-8+. The van der Waals surface area contributed by atoms with Crippen LogP contribution in [0.25, 0.3) is 0 Å². The second-order valence-corrected chi connectivity index (χ2v) is 3.45. The van der Waals surface area contributed by atoms with E-state index in [0.29, 0.717) is 0 Å². The van der Waals surface area contributed by atoms with Crippen LogP contribution >= 0.6 is 0 Å². The van der Waals surface area contributed by atoms with Gasteiger partial charge in [0.15, 0.2) is 0 Å². The Morgan fingerprint density at radius 1 is 1.17 bits per heavy atom. The summed E-state index contributed by atoms with van der Waals surface area (Å²) in [6.45, 7) is 4.32. The minimum atomic E-state index is 1.04. The van der Waals surface area contributed by atoms with E-state index in [-0.39, 0.29) is 0 Å². The summed E-state index contributed by atoms with van der Waals surface area (Å²) < 4.78 is 0. The van der Waals surface area contributed by atoms with Gasteiger partial charge in [0, 0.05) is 40.3 Å². The normalized spacial score (nSPS) is 20.4. The number of hydrogen-bond donors (Lipinski definition) is 0. The smallest absolute Gasteiger partial charge is 0.110 e. The zero-order valence-corrected chi connectivity index (χ0v) is 8.19. The predicted octanol–water partition coefficient (Wildman–Crippen LogP) is -0.261. The first-order chi connectivity index (χ1) is 5.68. The van der Waals surface area contributed by atoms with E-state index in [1.54, 1.807) is 0 Å². The minimum Gasteiger partial charge on any atom is -0.367 e. The zero-order chi connectivity index (χ0) is 8.97. The van der Waals surface area contributed by atoms with Crippen molar-refractivity contribution in [1.29, 1.82) is 0 Å². The van der Waals surface area contributed by atoms with Gasteiger partial charge < -0.3 is 9.80 Å². The molecule has 0 aliphatic carbocycles. The van der Waals surface area contributed by atoms with Crippen molar-refractivity contribution in [3.05, 3.63) is 0 Å². The molecule has 1 heterocycles. The number of hydrogen-bond acceptors (Lipinski definition) is 3. The first-order valence-electron chi connectivity index (χ1n) is 4.32. The van der Waals surface area contributed by atoms with E-state index >= 15 is 0 Å². The first kappa shape index (κ1) is 9.32. The van der Waals surface area contributed by atoms with Gasteiger partial charge in [-0.05, 0) is 7.05 Å². The highest BCUT2D eigenvalue weighted by Gasteiger charge is 2.10. The number of rotatable bonds is 2. The molecule has 0 saturated carbocycles. The van der Waals surface area contributed by atoms with Crippen molar-refractivity contribution in [2.24, 2.45) is 5.10 Å². The Labute approximate surface area is 74.4 Å². The van der Waals surface area contributed by atoms with Crippen molar-refractivity contribution in [1.82, 2.24) is 14.8 Å². The third-order valence-electron chi connectivity index (χ3n) is 1.93. The lowest BCUT2D eigenvalue weighted by Crippen LogP contribution is -2.42. The maximum Gasteiger partial charge on any atom is 0.110 e. The molecule has 1 aliphatic heterocycles. The molecular weight excluding hydrogens is 152 g/mol. The lowest BCUT2D eigenvalue weighted by Gasteiger charge is -2.30. The van der Waals surface area contributed by atoms with Gasteiger partial charge in [-0.15, -0.1) is 0 Å². The van der Waals surface area contributed by atoms with Gasteiger partial charge in [0.2, 0.25) is 0 Å². The van der Waals surface area contributed by atoms with Gasteiger partial charge in [-0.1, -0.05) is 0 Å². The van der Waals surface area contributed by atoms with Gasteiger partial charge >= 0.3 is 0 Å². The van der Waals surface area contributed by atoms with Crippen LogP contribution in [0.3, 0.4) is 0 Å². The molecule has 4 heteroatoms. The summed E-state index contributed by atoms with van der Waals surface area (Å²) in [7, 11) is 6.12. The first-order valence-corrected chi connectivity index (χ1v) is 4.32. The average Bonchev–Trinajstić information content (AvgIpc) is 2.03. The highest BCUT2D eigenvalue weighted by atomic mass is 15.5. The Kier molecular flexibility index (Phi) is 3.34. The van der Waals surface area contributed by atoms with Gasteiger partial charge in [-0.3, -0.25) is 5.01 Å². The largest absolute Gasteiger partial charge is 0.367 e. The van der Waals surface area contributed by atoms with E-state index in [1.807, 2.05) is 25.3 Å². The van der Waals surface area contributed by atoms with Crippen LogP contribution in [-0.4, -0.2) is 68.5 Å². The SMILES string of the molecule is CN(C)/C=N/N1CCN(C)CC1. The molecule has 0 unspecified atom stereocenters. The Balaban J connectivity index is 2.26. The van der Waals surface area contributed by atoms with Crippen LogP contribution < -0.4 is 0 Å². The van der Waals surface area contributed by atoms with E-state index in [2.05, 4.69) is 22.1 Å². The van der Waals surface area contributed by atoms with E-state index in [1.165, 1.54) is 0 Å². The van der Waals surface area contributed by atoms with Crippen LogP contribution in [0.1, 0.15) is 0 Å². The fraction of sp³-hybridized carbons (Fsp3) is 0.875.